The predicted octanol–water partition coefficient (Wildman–Crippen LogP) is 3.70. The summed E-state index contributed by atoms with van der Waals surface area (Å²) in [6, 6.07) is 12.2. The lowest BCUT2D eigenvalue weighted by Gasteiger charge is -2.11. The van der Waals surface area contributed by atoms with E-state index in [4.69, 9.17) is 22.1 Å². The highest BCUT2D eigenvalue weighted by Gasteiger charge is 2.10. The fourth-order valence-corrected chi connectivity index (χ4v) is 3.31. The van der Waals surface area contributed by atoms with E-state index < -0.39 is 5.91 Å². The smallest absolute Gasteiger partial charge is 0.262 e. The molecule has 0 atom stereocenters. The first-order chi connectivity index (χ1) is 11.5. The molecule has 0 unspecified atom stereocenters. The number of carbonyl (C=O) groups excluding carboxylic acids is 2. The van der Waals surface area contributed by atoms with Crippen LogP contribution < -0.4 is 15.8 Å². The third-order valence-corrected chi connectivity index (χ3v) is 4.73. The maximum Gasteiger partial charge on any atom is 0.262 e. The van der Waals surface area contributed by atoms with E-state index in [0.717, 1.165) is 4.90 Å². The Bertz CT molecular complexity index is 758. The molecule has 2 aromatic carbocycles. The number of halogens is 2. The second-order valence-corrected chi connectivity index (χ2v) is 6.97. The molecular weight excluding hydrogens is 416 g/mol. The van der Waals surface area contributed by atoms with E-state index >= 15 is 0 Å². The van der Waals surface area contributed by atoms with Gasteiger partial charge < -0.3 is 15.8 Å². The highest BCUT2D eigenvalue weighted by molar-refractivity contribution is 9.10. The minimum absolute atomic E-state index is 0.140. The number of amides is 2. The Hall–Kier alpha value is -1.70. The molecule has 0 heterocycles. The average Bonchev–Trinajstić information content (AvgIpc) is 2.53. The van der Waals surface area contributed by atoms with Gasteiger partial charge in [0.1, 0.15) is 5.75 Å². The number of thioether (sulfide) groups is 1. The van der Waals surface area contributed by atoms with Crippen molar-refractivity contribution in [3.63, 3.8) is 0 Å². The van der Waals surface area contributed by atoms with Gasteiger partial charge in [-0.25, -0.2) is 0 Å². The minimum Gasteiger partial charge on any atom is -0.483 e. The molecule has 2 aromatic rings. The number of para-hydroxylation sites is 1. The summed E-state index contributed by atoms with van der Waals surface area (Å²) in [4.78, 5) is 23.7. The maximum absolute atomic E-state index is 12.1. The van der Waals surface area contributed by atoms with Crippen LogP contribution in [0.25, 0.3) is 0 Å². The monoisotopic (exact) mass is 428 g/mol. The van der Waals surface area contributed by atoms with Gasteiger partial charge in [-0.2, -0.15) is 0 Å². The first kappa shape index (κ1) is 18.6. The molecule has 24 heavy (non-hydrogen) atoms. The summed E-state index contributed by atoms with van der Waals surface area (Å²) in [7, 11) is 0. The molecule has 2 rings (SSSR count). The normalized spacial score (nSPS) is 10.2. The second-order valence-electron chi connectivity index (χ2n) is 4.66. The lowest BCUT2D eigenvalue weighted by molar-refractivity contribution is -0.118. The van der Waals surface area contributed by atoms with Gasteiger partial charge in [0.05, 0.1) is 15.9 Å². The van der Waals surface area contributed by atoms with Crippen molar-refractivity contribution in [2.24, 2.45) is 5.73 Å². The number of nitrogens with one attached hydrogen (secondary N) is 1. The van der Waals surface area contributed by atoms with Crippen LogP contribution in [0.15, 0.2) is 51.8 Å². The van der Waals surface area contributed by atoms with Gasteiger partial charge in [-0.1, -0.05) is 23.7 Å². The summed E-state index contributed by atoms with van der Waals surface area (Å²) >= 11 is 10.4. The number of hydrogen-bond donors (Lipinski definition) is 2. The van der Waals surface area contributed by atoms with E-state index in [0.29, 0.717) is 20.9 Å². The van der Waals surface area contributed by atoms with Crippen LogP contribution in [-0.4, -0.2) is 24.2 Å². The van der Waals surface area contributed by atoms with E-state index in [9.17, 15) is 9.59 Å². The van der Waals surface area contributed by atoms with Gasteiger partial charge in [0.25, 0.3) is 5.91 Å². The molecule has 0 aromatic heterocycles. The van der Waals surface area contributed by atoms with Gasteiger partial charge >= 0.3 is 0 Å². The Morgan fingerprint density at radius 2 is 2.00 bits per heavy atom. The van der Waals surface area contributed by atoms with Gasteiger partial charge in [0.15, 0.2) is 6.61 Å². The van der Waals surface area contributed by atoms with E-state index in [1.807, 2.05) is 6.07 Å². The molecule has 2 amide bonds. The Morgan fingerprint density at radius 1 is 1.25 bits per heavy atom. The standard InChI is InChI=1S/C16H14BrClN2O3S/c17-11-7-10(18)5-6-13(11)23-8-16(22)20-12-3-1-2-4-14(12)24-9-15(19)21/h1-7H,8-9H2,(H2,19,21)(H,20,22). The summed E-state index contributed by atoms with van der Waals surface area (Å²) in [5.41, 5.74) is 5.75. The molecule has 0 saturated carbocycles. The van der Waals surface area contributed by atoms with Crippen LogP contribution in [0.2, 0.25) is 5.02 Å². The highest BCUT2D eigenvalue weighted by Crippen LogP contribution is 2.29. The zero-order chi connectivity index (χ0) is 17.5. The van der Waals surface area contributed by atoms with Crippen molar-refractivity contribution in [3.05, 3.63) is 52.0 Å². The van der Waals surface area contributed by atoms with Crippen molar-refractivity contribution < 1.29 is 14.3 Å². The molecule has 0 aliphatic carbocycles. The number of carbonyl (C=O) groups is 2. The summed E-state index contributed by atoms with van der Waals surface area (Å²) in [6.45, 7) is -0.158. The van der Waals surface area contributed by atoms with Gasteiger partial charge in [0.2, 0.25) is 5.91 Å². The fraction of sp³-hybridized carbons (Fsp3) is 0.125. The van der Waals surface area contributed by atoms with Crippen molar-refractivity contribution in [1.82, 2.24) is 0 Å². The molecule has 0 saturated heterocycles. The number of anilines is 1. The summed E-state index contributed by atoms with van der Waals surface area (Å²) in [6.07, 6.45) is 0. The van der Waals surface area contributed by atoms with Crippen LogP contribution >= 0.6 is 39.3 Å². The quantitative estimate of drug-likeness (QED) is 0.658. The minimum atomic E-state index is -0.419. The molecule has 0 bridgehead atoms. The van der Waals surface area contributed by atoms with Crippen LogP contribution in [0.3, 0.4) is 0 Å². The molecule has 0 aliphatic rings. The maximum atomic E-state index is 12.1. The summed E-state index contributed by atoms with van der Waals surface area (Å²) in [5, 5.41) is 3.33. The van der Waals surface area contributed by atoms with E-state index in [1.54, 1.807) is 36.4 Å². The number of primary amides is 1. The predicted molar refractivity (Wildman–Crippen MR) is 99.6 cm³/mol. The molecule has 5 nitrogen and oxygen atoms in total. The molecule has 3 N–H and O–H groups in total. The topological polar surface area (TPSA) is 81.4 Å². The van der Waals surface area contributed by atoms with Crippen LogP contribution in [0.5, 0.6) is 5.75 Å². The Balaban J connectivity index is 1.96. The summed E-state index contributed by atoms with van der Waals surface area (Å²) < 4.78 is 6.13. The molecule has 126 valence electrons. The van der Waals surface area contributed by atoms with Crippen molar-refractivity contribution in [2.75, 3.05) is 17.7 Å². The largest absolute Gasteiger partial charge is 0.483 e. The molecule has 0 radical (unpaired) electrons. The summed E-state index contributed by atoms with van der Waals surface area (Å²) in [5.74, 6) is -0.0758. The van der Waals surface area contributed by atoms with Crippen molar-refractivity contribution in [3.8, 4) is 5.75 Å². The van der Waals surface area contributed by atoms with Gasteiger partial charge in [-0.05, 0) is 46.3 Å². The van der Waals surface area contributed by atoms with Crippen molar-refractivity contribution >= 4 is 56.8 Å². The SMILES string of the molecule is NC(=O)CSc1ccccc1NC(=O)COc1ccc(Cl)cc1Br. The zero-order valence-corrected chi connectivity index (χ0v) is 15.6. The molecular formula is C16H14BrClN2O3S. The number of benzene rings is 2. The van der Waals surface area contributed by atoms with Gasteiger partial charge in [-0.3, -0.25) is 9.59 Å². The molecule has 0 fully saturated rings. The zero-order valence-electron chi connectivity index (χ0n) is 12.4. The number of hydrogen-bond acceptors (Lipinski definition) is 4. The molecule has 0 aliphatic heterocycles. The Kier molecular flexibility index (Phi) is 6.96. The fourth-order valence-electron chi connectivity index (χ4n) is 1.77. The molecule has 0 spiro atoms. The Labute approximate surface area is 157 Å². The van der Waals surface area contributed by atoms with Crippen molar-refractivity contribution in [2.45, 2.75) is 4.90 Å². The van der Waals surface area contributed by atoms with Gasteiger partial charge in [-0.15, -0.1) is 11.8 Å². The van der Waals surface area contributed by atoms with Crippen LogP contribution in [0.4, 0.5) is 5.69 Å². The first-order valence-corrected chi connectivity index (χ1v) is 8.99. The first-order valence-electron chi connectivity index (χ1n) is 6.83. The van der Waals surface area contributed by atoms with Crippen LogP contribution in [0, 0.1) is 0 Å². The third kappa shape index (κ3) is 5.74. The Morgan fingerprint density at radius 3 is 2.71 bits per heavy atom. The van der Waals surface area contributed by atoms with E-state index in [-0.39, 0.29) is 18.3 Å². The number of nitrogens with two attached hydrogens (primary N) is 1. The second kappa shape index (κ2) is 8.96. The van der Waals surface area contributed by atoms with Crippen LogP contribution in [-0.2, 0) is 9.59 Å². The third-order valence-electron chi connectivity index (χ3n) is 2.78. The van der Waals surface area contributed by atoms with Crippen LogP contribution in [0.1, 0.15) is 0 Å². The van der Waals surface area contributed by atoms with E-state index in [1.165, 1.54) is 11.8 Å². The van der Waals surface area contributed by atoms with E-state index in [2.05, 4.69) is 21.2 Å². The number of rotatable bonds is 7. The highest BCUT2D eigenvalue weighted by atomic mass is 79.9. The number of ether oxygens (including phenoxy) is 1. The lowest BCUT2D eigenvalue weighted by Crippen LogP contribution is -2.20. The van der Waals surface area contributed by atoms with Crippen molar-refractivity contribution in [1.29, 1.82) is 0 Å². The van der Waals surface area contributed by atoms with Gasteiger partial charge in [0, 0.05) is 9.92 Å². The average molecular weight is 430 g/mol. The lowest BCUT2D eigenvalue weighted by atomic mass is 10.3. The molecule has 8 heteroatoms.